The van der Waals surface area contributed by atoms with Crippen LogP contribution in [-0.4, -0.2) is 52.4 Å². The van der Waals surface area contributed by atoms with Crippen molar-refractivity contribution in [3.63, 3.8) is 0 Å². The quantitative estimate of drug-likeness (QED) is 0.555. The molecule has 1 unspecified atom stereocenters. The van der Waals surface area contributed by atoms with E-state index in [0.29, 0.717) is 6.17 Å². The molecule has 3 heteroatoms. The first-order chi connectivity index (χ1) is 8.81. The third kappa shape index (κ3) is 3.94. The van der Waals surface area contributed by atoms with Crippen LogP contribution in [0.25, 0.3) is 0 Å². The molecule has 2 aliphatic heterocycles. The first-order valence-electron chi connectivity index (χ1n) is 7.92. The van der Waals surface area contributed by atoms with E-state index >= 15 is 0 Å². The summed E-state index contributed by atoms with van der Waals surface area (Å²) in [5.74, 6) is 0. The van der Waals surface area contributed by atoms with Gasteiger partial charge in [0.05, 0.1) is 6.17 Å². The van der Waals surface area contributed by atoms with Crippen molar-refractivity contribution < 1.29 is 0 Å². The van der Waals surface area contributed by atoms with Crippen molar-refractivity contribution in [1.82, 2.24) is 9.80 Å². The maximum absolute atomic E-state index is 4.00. The molecule has 2 saturated heterocycles. The summed E-state index contributed by atoms with van der Waals surface area (Å²) >= 11 is 0. The molecule has 18 heavy (non-hydrogen) atoms. The van der Waals surface area contributed by atoms with E-state index in [-0.39, 0.29) is 0 Å². The molecule has 2 aliphatic rings. The summed E-state index contributed by atoms with van der Waals surface area (Å²) in [6, 6.07) is 0. The topological polar surface area (TPSA) is 6.48 Å². The average molecular weight is 267 g/mol. The van der Waals surface area contributed by atoms with Crippen LogP contribution < -0.4 is 0 Å². The van der Waals surface area contributed by atoms with Gasteiger partial charge in [-0.3, -0.25) is 9.80 Å². The Kier molecular flexibility index (Phi) is 5.92. The number of allylic oxidation sites excluding steroid dienone is 1. The lowest BCUT2D eigenvalue weighted by atomic mass is 10.0. The van der Waals surface area contributed by atoms with Gasteiger partial charge in [0.1, 0.15) is 0 Å². The van der Waals surface area contributed by atoms with Crippen LogP contribution in [0.1, 0.15) is 44.9 Å². The van der Waals surface area contributed by atoms with Gasteiger partial charge in [-0.25, -0.2) is 0 Å². The van der Waals surface area contributed by atoms with Crippen LogP contribution in [0.2, 0.25) is 5.54 Å². The lowest BCUT2D eigenvalue weighted by Gasteiger charge is -2.44. The van der Waals surface area contributed by atoms with Crippen molar-refractivity contribution in [2.75, 3.05) is 26.2 Å². The second kappa shape index (κ2) is 7.46. The van der Waals surface area contributed by atoms with Gasteiger partial charge in [-0.05, 0) is 63.8 Å². The second-order valence-electron chi connectivity index (χ2n) is 6.12. The third-order valence-electron chi connectivity index (χ3n) is 4.61. The Balaban J connectivity index is 1.97. The van der Waals surface area contributed by atoms with Crippen LogP contribution in [-0.2, 0) is 0 Å². The maximum atomic E-state index is 4.00. The number of hydrogen-bond donors (Lipinski definition) is 0. The van der Waals surface area contributed by atoms with E-state index in [1.807, 2.05) is 0 Å². The summed E-state index contributed by atoms with van der Waals surface area (Å²) in [6.45, 7) is 9.31. The summed E-state index contributed by atoms with van der Waals surface area (Å²) in [5.41, 5.74) is 0.777. The van der Waals surface area contributed by atoms with Crippen LogP contribution >= 0.6 is 0 Å². The molecular weight excluding hydrogens is 236 g/mol. The van der Waals surface area contributed by atoms with Gasteiger partial charge in [0.25, 0.3) is 0 Å². The lowest BCUT2D eigenvalue weighted by molar-refractivity contribution is 0.0127. The fourth-order valence-corrected chi connectivity index (χ4v) is 3.81. The minimum absolute atomic E-state index is 0.714. The standard InChI is InChI=1S/C15H30N2Si/c1-2-14(18)13-15(16-9-5-3-6-10-16)17-11-7-4-8-12-17/h2,14-15H,1,3-13H2,18H3. The summed E-state index contributed by atoms with van der Waals surface area (Å²) < 4.78 is 0. The van der Waals surface area contributed by atoms with Gasteiger partial charge in [0.15, 0.2) is 0 Å². The molecule has 0 aromatic heterocycles. The van der Waals surface area contributed by atoms with Crippen LogP contribution in [0.3, 0.4) is 0 Å². The van der Waals surface area contributed by atoms with Gasteiger partial charge in [0.2, 0.25) is 0 Å². The first kappa shape index (κ1) is 14.3. The van der Waals surface area contributed by atoms with Crippen molar-refractivity contribution in [1.29, 1.82) is 0 Å². The smallest absolute Gasteiger partial charge is 0.0624 e. The normalized spacial score (nSPS) is 25.4. The Hall–Kier alpha value is -0.123. The van der Waals surface area contributed by atoms with Crippen molar-refractivity contribution in [2.45, 2.75) is 56.7 Å². The fourth-order valence-electron chi connectivity index (χ4n) is 3.39. The van der Waals surface area contributed by atoms with Crippen molar-refractivity contribution in [2.24, 2.45) is 0 Å². The van der Waals surface area contributed by atoms with E-state index in [1.54, 1.807) is 0 Å². The number of likely N-dealkylation sites (tertiary alicyclic amines) is 2. The Morgan fingerprint density at radius 3 is 1.72 bits per heavy atom. The van der Waals surface area contributed by atoms with Gasteiger partial charge in [0, 0.05) is 10.2 Å². The molecule has 1 atom stereocenters. The molecule has 0 bridgehead atoms. The molecule has 0 aromatic rings. The highest BCUT2D eigenvalue weighted by Crippen LogP contribution is 2.25. The molecule has 2 heterocycles. The van der Waals surface area contributed by atoms with Crippen molar-refractivity contribution in [3.05, 3.63) is 12.7 Å². The Morgan fingerprint density at radius 1 is 0.889 bits per heavy atom. The lowest BCUT2D eigenvalue weighted by Crippen LogP contribution is -2.52. The summed E-state index contributed by atoms with van der Waals surface area (Å²) in [7, 11) is 1.26. The van der Waals surface area contributed by atoms with Gasteiger partial charge < -0.3 is 0 Å². The van der Waals surface area contributed by atoms with Gasteiger partial charge >= 0.3 is 0 Å². The van der Waals surface area contributed by atoms with E-state index in [9.17, 15) is 0 Å². The average Bonchev–Trinajstić information content (AvgIpc) is 2.46. The number of rotatable bonds is 5. The minimum atomic E-state index is 0.714. The Bertz CT molecular complexity index is 227. The molecule has 0 radical (unpaired) electrons. The van der Waals surface area contributed by atoms with Gasteiger partial charge in [-0.15, -0.1) is 6.58 Å². The molecule has 0 aliphatic carbocycles. The second-order valence-corrected chi connectivity index (χ2v) is 7.61. The molecule has 104 valence electrons. The maximum Gasteiger partial charge on any atom is 0.0624 e. The van der Waals surface area contributed by atoms with Crippen molar-refractivity contribution in [3.8, 4) is 0 Å². The Morgan fingerprint density at radius 2 is 1.33 bits per heavy atom. The first-order valence-corrected chi connectivity index (χ1v) is 9.07. The van der Waals surface area contributed by atoms with Crippen LogP contribution in [0.5, 0.6) is 0 Å². The van der Waals surface area contributed by atoms with Crippen LogP contribution in [0.15, 0.2) is 12.7 Å². The number of hydrogen-bond acceptors (Lipinski definition) is 2. The molecule has 2 fully saturated rings. The highest BCUT2D eigenvalue weighted by atomic mass is 28.1. The predicted octanol–water partition coefficient (Wildman–Crippen LogP) is 2.01. The molecule has 0 saturated carbocycles. The van der Waals surface area contributed by atoms with E-state index < -0.39 is 0 Å². The zero-order chi connectivity index (χ0) is 12.8. The minimum Gasteiger partial charge on any atom is -0.288 e. The predicted molar refractivity (Wildman–Crippen MR) is 83.1 cm³/mol. The molecular formula is C15H30N2Si. The fraction of sp³-hybridized carbons (Fsp3) is 0.867. The van der Waals surface area contributed by atoms with E-state index in [2.05, 4.69) is 22.5 Å². The molecule has 0 N–H and O–H groups in total. The highest BCUT2D eigenvalue weighted by molar-refractivity contribution is 6.12. The van der Waals surface area contributed by atoms with Crippen LogP contribution in [0.4, 0.5) is 0 Å². The van der Waals surface area contributed by atoms with Crippen LogP contribution in [0, 0.1) is 0 Å². The van der Waals surface area contributed by atoms with Crippen molar-refractivity contribution >= 4 is 10.2 Å². The van der Waals surface area contributed by atoms with E-state index in [1.165, 1.54) is 81.4 Å². The highest BCUT2D eigenvalue weighted by Gasteiger charge is 2.28. The Labute approximate surface area is 116 Å². The number of piperidine rings is 2. The van der Waals surface area contributed by atoms with E-state index in [4.69, 9.17) is 0 Å². The summed E-state index contributed by atoms with van der Waals surface area (Å²) in [6.07, 6.45) is 12.7. The molecule has 2 rings (SSSR count). The zero-order valence-corrected chi connectivity index (χ0v) is 14.1. The van der Waals surface area contributed by atoms with Gasteiger partial charge in [-0.1, -0.05) is 18.9 Å². The molecule has 0 spiro atoms. The third-order valence-corrected chi connectivity index (χ3v) is 5.55. The molecule has 0 amide bonds. The largest absolute Gasteiger partial charge is 0.288 e. The van der Waals surface area contributed by atoms with E-state index in [0.717, 1.165) is 5.54 Å². The SMILES string of the molecule is C=CC([SiH3])CC(N1CCCCC1)N1CCCCC1. The summed E-state index contributed by atoms with van der Waals surface area (Å²) in [4.78, 5) is 5.53. The monoisotopic (exact) mass is 266 g/mol. The zero-order valence-electron chi connectivity index (χ0n) is 12.1. The summed E-state index contributed by atoms with van der Waals surface area (Å²) in [5, 5.41) is 0. The molecule has 2 nitrogen and oxygen atoms in total. The number of nitrogens with zero attached hydrogens (tertiary/aromatic N) is 2. The molecule has 0 aromatic carbocycles. The van der Waals surface area contributed by atoms with Gasteiger partial charge in [-0.2, -0.15) is 0 Å².